The predicted molar refractivity (Wildman–Crippen MR) is 64.2 cm³/mol. The van der Waals surface area contributed by atoms with Crippen LogP contribution in [0.15, 0.2) is 36.5 Å². The third-order valence-corrected chi connectivity index (χ3v) is 2.69. The van der Waals surface area contributed by atoms with Gasteiger partial charge in [0.25, 0.3) is 0 Å². The van der Waals surface area contributed by atoms with E-state index >= 15 is 0 Å². The van der Waals surface area contributed by atoms with Crippen LogP contribution < -0.4 is 0 Å². The second-order valence-corrected chi connectivity index (χ2v) is 3.96. The van der Waals surface area contributed by atoms with E-state index in [0.29, 0.717) is 21.8 Å². The van der Waals surface area contributed by atoms with E-state index in [1.807, 2.05) is 0 Å². The Kier molecular flexibility index (Phi) is 3.42. The van der Waals surface area contributed by atoms with Gasteiger partial charge in [-0.2, -0.15) is 0 Å². The highest BCUT2D eigenvalue weighted by Gasteiger charge is 2.10. The first-order chi connectivity index (χ1) is 7.72. The molecule has 0 aliphatic rings. The minimum absolute atomic E-state index is 0.223. The number of hydrogen-bond acceptors (Lipinski definition) is 1. The van der Waals surface area contributed by atoms with Crippen molar-refractivity contribution in [3.05, 3.63) is 53.1 Å². The van der Waals surface area contributed by atoms with Crippen LogP contribution in [0.4, 0.5) is 4.39 Å². The average Bonchev–Trinajstić information content (AvgIpc) is 2.29. The zero-order valence-corrected chi connectivity index (χ0v) is 9.76. The fourth-order valence-corrected chi connectivity index (χ4v) is 1.86. The zero-order chi connectivity index (χ0) is 11.5. The highest BCUT2D eigenvalue weighted by Crippen LogP contribution is 2.28. The molecule has 0 atom stereocenters. The first kappa shape index (κ1) is 11.4. The van der Waals surface area contributed by atoms with Crippen molar-refractivity contribution in [2.24, 2.45) is 0 Å². The van der Waals surface area contributed by atoms with Gasteiger partial charge in [0.05, 0.1) is 16.6 Å². The van der Waals surface area contributed by atoms with Gasteiger partial charge in [0, 0.05) is 17.3 Å². The topological polar surface area (TPSA) is 12.9 Å². The van der Waals surface area contributed by atoms with Gasteiger partial charge in [0.1, 0.15) is 5.82 Å². The Balaban J connectivity index is 2.63. The van der Waals surface area contributed by atoms with Gasteiger partial charge in [0.2, 0.25) is 0 Å². The molecule has 0 unspecified atom stereocenters. The molecule has 82 valence electrons. The molecule has 0 radical (unpaired) electrons. The van der Waals surface area contributed by atoms with Gasteiger partial charge in [0.15, 0.2) is 0 Å². The van der Waals surface area contributed by atoms with Crippen molar-refractivity contribution >= 4 is 23.2 Å². The second kappa shape index (κ2) is 4.81. The van der Waals surface area contributed by atoms with Gasteiger partial charge in [-0.1, -0.05) is 29.8 Å². The molecule has 0 fully saturated rings. The summed E-state index contributed by atoms with van der Waals surface area (Å²) >= 11 is 11.6. The van der Waals surface area contributed by atoms with Crippen LogP contribution in [0.1, 0.15) is 5.69 Å². The Labute approximate surface area is 103 Å². The third kappa shape index (κ3) is 2.18. The predicted octanol–water partition coefficient (Wildman–Crippen LogP) is 4.28. The first-order valence-electron chi connectivity index (χ1n) is 4.67. The third-order valence-electron chi connectivity index (χ3n) is 2.23. The summed E-state index contributed by atoms with van der Waals surface area (Å²) in [5, 5.41) is 0.465. The molecule has 0 aliphatic carbocycles. The monoisotopic (exact) mass is 255 g/mol. The van der Waals surface area contributed by atoms with Gasteiger partial charge < -0.3 is 0 Å². The van der Waals surface area contributed by atoms with E-state index < -0.39 is 0 Å². The van der Waals surface area contributed by atoms with Crippen molar-refractivity contribution in [3.63, 3.8) is 0 Å². The van der Waals surface area contributed by atoms with Crippen LogP contribution in [0.25, 0.3) is 11.1 Å². The fraction of sp³-hybridized carbons (Fsp3) is 0.0833. The molecule has 4 heteroatoms. The lowest BCUT2D eigenvalue weighted by Crippen LogP contribution is -1.93. The molecule has 2 aromatic rings. The minimum atomic E-state index is -0.307. The lowest BCUT2D eigenvalue weighted by atomic mass is 10.0. The van der Waals surface area contributed by atoms with Gasteiger partial charge >= 0.3 is 0 Å². The molecule has 0 saturated carbocycles. The number of rotatable bonds is 2. The van der Waals surface area contributed by atoms with E-state index in [-0.39, 0.29) is 11.7 Å². The molecule has 0 spiro atoms. The van der Waals surface area contributed by atoms with E-state index in [9.17, 15) is 4.39 Å². The van der Waals surface area contributed by atoms with Gasteiger partial charge in [-0.3, -0.25) is 4.98 Å². The molecule has 1 aromatic heterocycles. The van der Waals surface area contributed by atoms with E-state index in [1.165, 1.54) is 12.3 Å². The van der Waals surface area contributed by atoms with Crippen LogP contribution in [-0.4, -0.2) is 4.98 Å². The van der Waals surface area contributed by atoms with Crippen molar-refractivity contribution in [2.75, 3.05) is 0 Å². The highest BCUT2D eigenvalue weighted by molar-refractivity contribution is 6.30. The van der Waals surface area contributed by atoms with Crippen molar-refractivity contribution in [1.29, 1.82) is 0 Å². The van der Waals surface area contributed by atoms with Crippen molar-refractivity contribution in [1.82, 2.24) is 4.98 Å². The van der Waals surface area contributed by atoms with Crippen molar-refractivity contribution < 1.29 is 4.39 Å². The number of nitrogens with zero attached hydrogens (tertiary/aromatic N) is 1. The Morgan fingerprint density at radius 2 is 1.94 bits per heavy atom. The molecule has 0 bridgehead atoms. The number of benzene rings is 1. The molecule has 16 heavy (non-hydrogen) atoms. The Hall–Kier alpha value is -1.12. The molecule has 0 saturated heterocycles. The summed E-state index contributed by atoms with van der Waals surface area (Å²) in [6.07, 6.45) is 1.50. The maximum atomic E-state index is 13.6. The smallest absolute Gasteiger partial charge is 0.131 e. The minimum Gasteiger partial charge on any atom is -0.258 e. The second-order valence-electron chi connectivity index (χ2n) is 3.26. The van der Waals surface area contributed by atoms with Crippen LogP contribution >= 0.6 is 23.2 Å². The largest absolute Gasteiger partial charge is 0.258 e. The van der Waals surface area contributed by atoms with Crippen LogP contribution in [0.2, 0.25) is 5.02 Å². The Morgan fingerprint density at radius 3 is 2.62 bits per heavy atom. The molecule has 0 aliphatic heterocycles. The molecule has 0 N–H and O–H groups in total. The van der Waals surface area contributed by atoms with E-state index in [0.717, 1.165) is 0 Å². The Bertz CT molecular complexity index is 514. The average molecular weight is 256 g/mol. The molecular formula is C12H8Cl2FN. The number of hydrogen-bond donors (Lipinski definition) is 0. The number of alkyl halides is 1. The molecule has 2 rings (SSSR count). The summed E-state index contributed by atoms with van der Waals surface area (Å²) < 4.78 is 13.6. The van der Waals surface area contributed by atoms with E-state index in [4.69, 9.17) is 23.2 Å². The molecule has 1 aromatic carbocycles. The normalized spacial score (nSPS) is 10.4. The highest BCUT2D eigenvalue weighted by atomic mass is 35.5. The maximum Gasteiger partial charge on any atom is 0.131 e. The quantitative estimate of drug-likeness (QED) is 0.731. The van der Waals surface area contributed by atoms with E-state index in [2.05, 4.69) is 4.98 Å². The summed E-state index contributed by atoms with van der Waals surface area (Å²) in [6, 6.07) is 8.15. The summed E-state index contributed by atoms with van der Waals surface area (Å²) in [5.41, 5.74) is 1.73. The number of aromatic nitrogens is 1. The summed E-state index contributed by atoms with van der Waals surface area (Å²) in [7, 11) is 0. The van der Waals surface area contributed by atoms with Crippen LogP contribution in [0.3, 0.4) is 0 Å². The Morgan fingerprint density at radius 1 is 1.19 bits per heavy atom. The lowest BCUT2D eigenvalue weighted by molar-refractivity contribution is 0.631. The van der Waals surface area contributed by atoms with Crippen LogP contribution in [0, 0.1) is 5.82 Å². The SMILES string of the molecule is Fc1ccccc1-c1cc(Cl)cnc1CCl. The maximum absolute atomic E-state index is 13.6. The van der Waals surface area contributed by atoms with Crippen molar-refractivity contribution in [3.8, 4) is 11.1 Å². The fourth-order valence-electron chi connectivity index (χ4n) is 1.49. The molecule has 1 nitrogen and oxygen atoms in total. The van der Waals surface area contributed by atoms with E-state index in [1.54, 1.807) is 24.3 Å². The number of halogens is 3. The summed E-state index contributed by atoms with van der Waals surface area (Å²) in [5.74, 6) is -0.0844. The van der Waals surface area contributed by atoms with Crippen LogP contribution in [-0.2, 0) is 5.88 Å². The summed E-state index contributed by atoms with van der Waals surface area (Å²) in [4.78, 5) is 4.08. The van der Waals surface area contributed by atoms with Gasteiger partial charge in [-0.25, -0.2) is 4.39 Å². The zero-order valence-electron chi connectivity index (χ0n) is 8.25. The standard InChI is InChI=1S/C12H8Cl2FN/c13-6-12-10(5-8(14)7-16-12)9-3-1-2-4-11(9)15/h1-5,7H,6H2. The van der Waals surface area contributed by atoms with Gasteiger partial charge in [-0.05, 0) is 12.1 Å². The molecule has 0 amide bonds. The molecular weight excluding hydrogens is 248 g/mol. The number of pyridine rings is 1. The lowest BCUT2D eigenvalue weighted by Gasteiger charge is -2.07. The summed E-state index contributed by atoms with van der Waals surface area (Å²) in [6.45, 7) is 0. The van der Waals surface area contributed by atoms with Crippen LogP contribution in [0.5, 0.6) is 0 Å². The van der Waals surface area contributed by atoms with Crippen molar-refractivity contribution in [2.45, 2.75) is 5.88 Å². The first-order valence-corrected chi connectivity index (χ1v) is 5.59. The van der Waals surface area contributed by atoms with Gasteiger partial charge in [-0.15, -0.1) is 11.6 Å². The molecule has 1 heterocycles.